The minimum Gasteiger partial charge on any atom is -0.454 e. The average molecular weight is 320 g/mol. The van der Waals surface area contributed by atoms with Crippen molar-refractivity contribution in [3.63, 3.8) is 0 Å². The summed E-state index contributed by atoms with van der Waals surface area (Å²) in [6.45, 7) is 1.42. The topological polar surface area (TPSA) is 94.9 Å². The number of hydrogen-bond acceptors (Lipinski definition) is 5. The van der Waals surface area contributed by atoms with Crippen molar-refractivity contribution in [3.8, 4) is 0 Å². The standard InChI is InChI=1S/C15H20N4O4/c1-18(2)12(20)11-4-3-10(23-11)9-19-13(21)15(17-14(19)22)5-7-16-8-6-15/h3-4,16H,5-9H2,1-2H3,(H,17,22). The highest BCUT2D eigenvalue weighted by atomic mass is 16.4. The maximum atomic E-state index is 12.6. The predicted molar refractivity (Wildman–Crippen MR) is 80.6 cm³/mol. The quantitative estimate of drug-likeness (QED) is 0.773. The number of carbonyl (C=O) groups excluding carboxylic acids is 3. The predicted octanol–water partition coefficient (Wildman–Crippen LogP) is 0.155. The Balaban J connectivity index is 1.74. The Morgan fingerprint density at radius 1 is 1.30 bits per heavy atom. The van der Waals surface area contributed by atoms with Gasteiger partial charge in [0.25, 0.3) is 11.8 Å². The van der Waals surface area contributed by atoms with Gasteiger partial charge in [0.2, 0.25) is 0 Å². The van der Waals surface area contributed by atoms with E-state index in [0.29, 0.717) is 31.7 Å². The lowest BCUT2D eigenvalue weighted by Gasteiger charge is -2.30. The van der Waals surface area contributed by atoms with Crippen LogP contribution >= 0.6 is 0 Å². The van der Waals surface area contributed by atoms with E-state index in [1.54, 1.807) is 26.2 Å². The van der Waals surface area contributed by atoms with Crippen molar-refractivity contribution in [3.05, 3.63) is 23.7 Å². The Morgan fingerprint density at radius 3 is 2.65 bits per heavy atom. The molecule has 0 atom stereocenters. The normalized spacial score (nSPS) is 20.0. The van der Waals surface area contributed by atoms with Gasteiger partial charge in [0.15, 0.2) is 5.76 Å². The van der Waals surface area contributed by atoms with Crippen LogP contribution in [0.5, 0.6) is 0 Å². The summed E-state index contributed by atoms with van der Waals surface area (Å²) in [6.07, 6.45) is 1.16. The summed E-state index contributed by atoms with van der Waals surface area (Å²) in [5.74, 6) is 0.113. The van der Waals surface area contributed by atoms with Gasteiger partial charge in [-0.25, -0.2) is 4.79 Å². The number of rotatable bonds is 3. The summed E-state index contributed by atoms with van der Waals surface area (Å²) in [4.78, 5) is 39.2. The van der Waals surface area contributed by atoms with Gasteiger partial charge in [0.05, 0.1) is 6.54 Å². The number of amides is 4. The molecule has 8 nitrogen and oxygen atoms in total. The Morgan fingerprint density at radius 2 is 2.00 bits per heavy atom. The monoisotopic (exact) mass is 320 g/mol. The van der Waals surface area contributed by atoms with Gasteiger partial charge in [-0.05, 0) is 38.1 Å². The van der Waals surface area contributed by atoms with Gasteiger partial charge < -0.3 is 20.0 Å². The number of urea groups is 1. The molecule has 2 aliphatic heterocycles. The lowest BCUT2D eigenvalue weighted by molar-refractivity contribution is -0.132. The van der Waals surface area contributed by atoms with Crippen molar-refractivity contribution in [2.75, 3.05) is 27.2 Å². The van der Waals surface area contributed by atoms with E-state index in [2.05, 4.69) is 10.6 Å². The van der Waals surface area contributed by atoms with Gasteiger partial charge in [-0.3, -0.25) is 14.5 Å². The van der Waals surface area contributed by atoms with Gasteiger partial charge in [-0.15, -0.1) is 0 Å². The maximum Gasteiger partial charge on any atom is 0.325 e. The number of imide groups is 1. The molecule has 3 rings (SSSR count). The number of carbonyl (C=O) groups is 3. The average Bonchev–Trinajstić information content (AvgIpc) is 3.07. The van der Waals surface area contributed by atoms with E-state index in [0.717, 1.165) is 4.90 Å². The Kier molecular flexibility index (Phi) is 3.85. The Bertz CT molecular complexity index is 646. The summed E-state index contributed by atoms with van der Waals surface area (Å²) in [5, 5.41) is 6.00. The van der Waals surface area contributed by atoms with Crippen LogP contribution in [0, 0.1) is 0 Å². The first-order chi connectivity index (χ1) is 10.9. The second kappa shape index (κ2) is 5.69. The molecule has 124 valence electrons. The lowest BCUT2D eigenvalue weighted by atomic mass is 9.88. The number of nitrogens with one attached hydrogen (secondary N) is 2. The largest absolute Gasteiger partial charge is 0.454 e. The fraction of sp³-hybridized carbons (Fsp3) is 0.533. The zero-order chi connectivity index (χ0) is 16.6. The lowest BCUT2D eigenvalue weighted by Crippen LogP contribution is -2.53. The molecule has 1 spiro atoms. The summed E-state index contributed by atoms with van der Waals surface area (Å²) in [7, 11) is 3.26. The molecule has 4 amide bonds. The minimum atomic E-state index is -0.794. The van der Waals surface area contributed by atoms with Gasteiger partial charge in [0, 0.05) is 14.1 Å². The van der Waals surface area contributed by atoms with Crippen LogP contribution in [-0.4, -0.2) is 60.4 Å². The number of piperidine rings is 1. The van der Waals surface area contributed by atoms with Crippen LogP contribution in [0.15, 0.2) is 16.5 Å². The Hall–Kier alpha value is -2.35. The van der Waals surface area contributed by atoms with E-state index in [4.69, 9.17) is 4.42 Å². The van der Waals surface area contributed by atoms with Crippen LogP contribution in [-0.2, 0) is 11.3 Å². The molecule has 0 aromatic carbocycles. The minimum absolute atomic E-state index is 0.0283. The molecule has 2 fully saturated rings. The first-order valence-electron chi connectivity index (χ1n) is 7.58. The summed E-state index contributed by atoms with van der Waals surface area (Å²) in [5.41, 5.74) is -0.794. The van der Waals surface area contributed by atoms with Crippen LogP contribution in [0.25, 0.3) is 0 Å². The van der Waals surface area contributed by atoms with Gasteiger partial charge in [-0.2, -0.15) is 0 Å². The summed E-state index contributed by atoms with van der Waals surface area (Å²) in [6, 6.07) is 2.76. The third-order valence-electron chi connectivity index (χ3n) is 4.30. The second-order valence-electron chi connectivity index (χ2n) is 6.12. The van der Waals surface area contributed by atoms with Gasteiger partial charge >= 0.3 is 6.03 Å². The first kappa shape index (κ1) is 15.5. The van der Waals surface area contributed by atoms with Crippen LogP contribution in [0.2, 0.25) is 0 Å². The van der Waals surface area contributed by atoms with Crippen molar-refractivity contribution >= 4 is 17.8 Å². The van der Waals surface area contributed by atoms with Gasteiger partial charge in [0.1, 0.15) is 11.3 Å². The van der Waals surface area contributed by atoms with Crippen molar-refractivity contribution in [2.45, 2.75) is 24.9 Å². The smallest absolute Gasteiger partial charge is 0.325 e. The molecule has 1 aromatic rings. The molecule has 3 heterocycles. The molecule has 0 unspecified atom stereocenters. The van der Waals surface area contributed by atoms with Crippen molar-refractivity contribution < 1.29 is 18.8 Å². The molecule has 2 saturated heterocycles. The van der Waals surface area contributed by atoms with Gasteiger partial charge in [-0.1, -0.05) is 0 Å². The zero-order valence-corrected chi connectivity index (χ0v) is 13.2. The van der Waals surface area contributed by atoms with Crippen LogP contribution < -0.4 is 10.6 Å². The zero-order valence-electron chi connectivity index (χ0n) is 13.2. The van der Waals surface area contributed by atoms with E-state index < -0.39 is 11.6 Å². The molecule has 0 saturated carbocycles. The summed E-state index contributed by atoms with van der Waals surface area (Å²) < 4.78 is 5.46. The van der Waals surface area contributed by atoms with E-state index in [-0.39, 0.29) is 24.1 Å². The van der Waals surface area contributed by atoms with E-state index in [1.165, 1.54) is 4.90 Å². The SMILES string of the molecule is CN(C)C(=O)c1ccc(CN2C(=O)NC3(CCNCC3)C2=O)o1. The van der Waals surface area contributed by atoms with Crippen LogP contribution in [0.3, 0.4) is 0 Å². The second-order valence-corrected chi connectivity index (χ2v) is 6.12. The van der Waals surface area contributed by atoms with Crippen molar-refractivity contribution in [2.24, 2.45) is 0 Å². The Labute approximate surface area is 133 Å². The molecule has 1 aromatic heterocycles. The molecule has 0 radical (unpaired) electrons. The third-order valence-corrected chi connectivity index (χ3v) is 4.30. The summed E-state index contributed by atoms with van der Waals surface area (Å²) >= 11 is 0. The molecule has 8 heteroatoms. The van der Waals surface area contributed by atoms with E-state index >= 15 is 0 Å². The molecule has 2 N–H and O–H groups in total. The highest BCUT2D eigenvalue weighted by Gasteiger charge is 2.51. The van der Waals surface area contributed by atoms with Crippen molar-refractivity contribution in [1.82, 2.24) is 20.4 Å². The fourth-order valence-corrected chi connectivity index (χ4v) is 2.97. The number of nitrogens with zero attached hydrogens (tertiary/aromatic N) is 2. The van der Waals surface area contributed by atoms with Crippen LogP contribution in [0.4, 0.5) is 4.79 Å². The van der Waals surface area contributed by atoms with E-state index in [9.17, 15) is 14.4 Å². The number of hydrogen-bond donors (Lipinski definition) is 2. The molecule has 23 heavy (non-hydrogen) atoms. The maximum absolute atomic E-state index is 12.6. The molecular formula is C15H20N4O4. The molecule has 2 aliphatic rings. The fourth-order valence-electron chi connectivity index (χ4n) is 2.97. The highest BCUT2D eigenvalue weighted by Crippen LogP contribution is 2.28. The van der Waals surface area contributed by atoms with Crippen molar-refractivity contribution in [1.29, 1.82) is 0 Å². The molecule has 0 aliphatic carbocycles. The third kappa shape index (κ3) is 2.70. The molecular weight excluding hydrogens is 300 g/mol. The number of furan rings is 1. The molecule has 0 bridgehead atoms. The van der Waals surface area contributed by atoms with E-state index in [1.807, 2.05) is 0 Å². The first-order valence-corrected chi connectivity index (χ1v) is 7.58. The highest BCUT2D eigenvalue weighted by molar-refractivity contribution is 6.07. The van der Waals surface area contributed by atoms with Crippen LogP contribution in [0.1, 0.15) is 29.2 Å².